The van der Waals surface area contributed by atoms with Crippen molar-refractivity contribution in [3.05, 3.63) is 90.4 Å². The van der Waals surface area contributed by atoms with Gasteiger partial charge in [0.25, 0.3) is 0 Å². The number of hydrogen-bond acceptors (Lipinski definition) is 2. The molecule has 32 heavy (non-hydrogen) atoms. The quantitative estimate of drug-likeness (QED) is 0.368. The summed E-state index contributed by atoms with van der Waals surface area (Å²) in [5.74, 6) is 1.30. The highest BCUT2D eigenvalue weighted by Gasteiger charge is 2.24. The number of para-hydroxylation sites is 1. The summed E-state index contributed by atoms with van der Waals surface area (Å²) in [6.07, 6.45) is 6.78. The van der Waals surface area contributed by atoms with Gasteiger partial charge in [-0.25, -0.2) is 0 Å². The number of rotatable bonds is 9. The summed E-state index contributed by atoms with van der Waals surface area (Å²) < 4.78 is 7.34. The minimum atomic E-state index is -0.218. The molecule has 0 aliphatic heterocycles. The third kappa shape index (κ3) is 4.72. The number of carbonyl (C=O) groups excluding carboxylic acids is 1. The van der Waals surface area contributed by atoms with E-state index in [0.717, 1.165) is 23.3 Å². The van der Waals surface area contributed by atoms with Crippen molar-refractivity contribution >= 4 is 16.8 Å². The first kappa shape index (κ1) is 21.8. The second kappa shape index (κ2) is 9.77. The van der Waals surface area contributed by atoms with Gasteiger partial charge < -0.3 is 19.6 Å². The number of ether oxygens (including phenoxy) is 1. The number of H-pyrrole nitrogens is 1. The van der Waals surface area contributed by atoms with Gasteiger partial charge in [0.05, 0.1) is 7.11 Å². The molecule has 0 saturated heterocycles. The van der Waals surface area contributed by atoms with Crippen LogP contribution < -0.4 is 10.1 Å². The molecule has 0 spiro atoms. The van der Waals surface area contributed by atoms with Crippen molar-refractivity contribution in [3.63, 3.8) is 0 Å². The number of nitrogens with one attached hydrogen (secondary N) is 2. The van der Waals surface area contributed by atoms with E-state index < -0.39 is 0 Å². The number of benzene rings is 2. The highest BCUT2D eigenvalue weighted by atomic mass is 16.5. The standard InChI is InChI=1S/C27H31N3O2/c1-19(2)16-26(30-14-6-7-15-30)27(31)29-17-23(20-10-12-21(32-3)13-11-20)24-18-28-25-9-5-4-8-22(24)25/h4-15,18-19,23,26,28H,16-17H2,1-3H3,(H,29,31)/t23-,26+/m0/s1. The molecule has 0 fully saturated rings. The third-order valence-corrected chi connectivity index (χ3v) is 5.98. The number of aromatic nitrogens is 2. The molecule has 0 unspecified atom stereocenters. The van der Waals surface area contributed by atoms with Crippen LogP contribution >= 0.6 is 0 Å². The Morgan fingerprint density at radius 2 is 1.75 bits per heavy atom. The Hall–Kier alpha value is -3.47. The molecular formula is C27H31N3O2. The summed E-state index contributed by atoms with van der Waals surface area (Å²) in [5, 5.41) is 4.42. The van der Waals surface area contributed by atoms with Crippen molar-refractivity contribution < 1.29 is 9.53 Å². The van der Waals surface area contributed by atoms with Crippen molar-refractivity contribution in [2.45, 2.75) is 32.2 Å². The van der Waals surface area contributed by atoms with Gasteiger partial charge >= 0.3 is 0 Å². The first-order valence-corrected chi connectivity index (χ1v) is 11.2. The van der Waals surface area contributed by atoms with Crippen molar-refractivity contribution in [1.82, 2.24) is 14.9 Å². The summed E-state index contributed by atoms with van der Waals surface area (Å²) in [4.78, 5) is 16.7. The topological polar surface area (TPSA) is 59.0 Å². The smallest absolute Gasteiger partial charge is 0.243 e. The van der Waals surface area contributed by atoms with Crippen LogP contribution in [-0.4, -0.2) is 29.1 Å². The zero-order chi connectivity index (χ0) is 22.5. The molecule has 0 aliphatic carbocycles. The minimum absolute atomic E-state index is 0.0189. The second-order valence-corrected chi connectivity index (χ2v) is 8.64. The molecule has 166 valence electrons. The van der Waals surface area contributed by atoms with Crippen LogP contribution in [0.1, 0.15) is 43.4 Å². The first-order chi connectivity index (χ1) is 15.6. The van der Waals surface area contributed by atoms with E-state index >= 15 is 0 Å². The lowest BCUT2D eigenvalue weighted by atomic mass is 9.90. The van der Waals surface area contributed by atoms with Crippen LogP contribution in [0.4, 0.5) is 0 Å². The number of nitrogens with zero attached hydrogens (tertiary/aromatic N) is 1. The van der Waals surface area contributed by atoms with Crippen LogP contribution in [-0.2, 0) is 4.79 Å². The summed E-state index contributed by atoms with van der Waals surface area (Å²) >= 11 is 0. The minimum Gasteiger partial charge on any atom is -0.497 e. The first-order valence-electron chi connectivity index (χ1n) is 11.2. The molecule has 0 saturated carbocycles. The predicted molar refractivity (Wildman–Crippen MR) is 129 cm³/mol. The molecule has 2 heterocycles. The van der Waals surface area contributed by atoms with Gasteiger partial charge in [0.1, 0.15) is 11.8 Å². The van der Waals surface area contributed by atoms with Crippen LogP contribution in [0.3, 0.4) is 0 Å². The second-order valence-electron chi connectivity index (χ2n) is 8.64. The van der Waals surface area contributed by atoms with Crippen LogP contribution in [0, 0.1) is 5.92 Å². The van der Waals surface area contributed by atoms with Crippen molar-refractivity contribution in [2.24, 2.45) is 5.92 Å². The Morgan fingerprint density at radius 3 is 2.44 bits per heavy atom. The van der Waals surface area contributed by atoms with Crippen LogP contribution in [0.15, 0.2) is 79.3 Å². The van der Waals surface area contributed by atoms with Crippen molar-refractivity contribution in [1.29, 1.82) is 0 Å². The number of amides is 1. The van der Waals surface area contributed by atoms with Gasteiger partial charge in [-0.05, 0) is 53.8 Å². The fourth-order valence-electron chi connectivity index (χ4n) is 4.31. The number of carbonyl (C=O) groups is 1. The molecule has 2 aromatic carbocycles. The highest BCUT2D eigenvalue weighted by Crippen LogP contribution is 2.31. The van der Waals surface area contributed by atoms with E-state index in [0.29, 0.717) is 12.5 Å². The van der Waals surface area contributed by atoms with Crippen LogP contribution in [0.5, 0.6) is 5.75 Å². The van der Waals surface area contributed by atoms with Gasteiger partial charge in [-0.1, -0.05) is 44.2 Å². The predicted octanol–water partition coefficient (Wildman–Crippen LogP) is 5.51. The summed E-state index contributed by atoms with van der Waals surface area (Å²) in [7, 11) is 1.67. The van der Waals surface area contributed by atoms with E-state index in [1.54, 1.807) is 7.11 Å². The molecule has 0 radical (unpaired) electrons. The molecule has 2 atom stereocenters. The lowest BCUT2D eigenvalue weighted by Gasteiger charge is -2.23. The molecule has 2 N–H and O–H groups in total. The zero-order valence-electron chi connectivity index (χ0n) is 18.9. The summed E-state index contributed by atoms with van der Waals surface area (Å²) in [6, 6.07) is 20.1. The molecule has 5 heteroatoms. The van der Waals surface area contributed by atoms with Gasteiger partial charge in [-0.2, -0.15) is 0 Å². The molecule has 2 aromatic heterocycles. The van der Waals surface area contributed by atoms with Crippen molar-refractivity contribution in [3.8, 4) is 5.75 Å². The fraction of sp³-hybridized carbons (Fsp3) is 0.296. The van der Waals surface area contributed by atoms with Gasteiger partial charge in [-0.15, -0.1) is 0 Å². The molecule has 0 aliphatic rings. The maximum absolute atomic E-state index is 13.3. The Morgan fingerprint density at radius 1 is 1.03 bits per heavy atom. The summed E-state index contributed by atoms with van der Waals surface area (Å²) in [5.41, 5.74) is 3.40. The average molecular weight is 430 g/mol. The van der Waals surface area contributed by atoms with Crippen LogP contribution in [0.2, 0.25) is 0 Å². The Bertz CT molecular complexity index is 1140. The lowest BCUT2D eigenvalue weighted by Crippen LogP contribution is -2.35. The Kier molecular flexibility index (Phi) is 6.64. The largest absolute Gasteiger partial charge is 0.497 e. The van der Waals surface area contributed by atoms with E-state index in [4.69, 9.17) is 4.74 Å². The zero-order valence-corrected chi connectivity index (χ0v) is 18.9. The monoisotopic (exact) mass is 429 g/mol. The number of hydrogen-bond donors (Lipinski definition) is 2. The van der Waals surface area contributed by atoms with E-state index in [2.05, 4.69) is 54.6 Å². The number of methoxy groups -OCH3 is 1. The SMILES string of the molecule is COc1ccc([C@H](CNC(=O)[C@@H](CC(C)C)n2cccc2)c2c[nH]c3ccccc23)cc1. The van der Waals surface area contributed by atoms with Gasteiger partial charge in [-0.3, -0.25) is 4.79 Å². The molecule has 1 amide bonds. The average Bonchev–Trinajstić information content (AvgIpc) is 3.48. The molecule has 4 aromatic rings. The third-order valence-electron chi connectivity index (χ3n) is 5.98. The molecular weight excluding hydrogens is 398 g/mol. The Labute approximate surface area is 189 Å². The van der Waals surface area contributed by atoms with E-state index in [9.17, 15) is 4.79 Å². The molecule has 5 nitrogen and oxygen atoms in total. The van der Waals surface area contributed by atoms with E-state index in [1.807, 2.05) is 53.4 Å². The molecule has 0 bridgehead atoms. The van der Waals surface area contributed by atoms with Gasteiger partial charge in [0, 0.05) is 42.0 Å². The van der Waals surface area contributed by atoms with Crippen LogP contribution in [0.25, 0.3) is 10.9 Å². The van der Waals surface area contributed by atoms with Gasteiger partial charge in [0.2, 0.25) is 5.91 Å². The normalized spacial score (nSPS) is 13.2. The molecule has 4 rings (SSSR count). The Balaban J connectivity index is 1.62. The van der Waals surface area contributed by atoms with Gasteiger partial charge in [0.15, 0.2) is 0 Å². The summed E-state index contributed by atoms with van der Waals surface area (Å²) in [6.45, 7) is 4.81. The van der Waals surface area contributed by atoms with Crippen molar-refractivity contribution in [2.75, 3.05) is 13.7 Å². The van der Waals surface area contributed by atoms with E-state index in [1.165, 1.54) is 10.9 Å². The highest BCUT2D eigenvalue weighted by molar-refractivity contribution is 5.84. The number of fused-ring (bicyclic) bond motifs is 1. The maximum atomic E-state index is 13.3. The fourth-order valence-corrected chi connectivity index (χ4v) is 4.31. The van der Waals surface area contributed by atoms with E-state index in [-0.39, 0.29) is 17.9 Å². The lowest BCUT2D eigenvalue weighted by molar-refractivity contribution is -0.124. The number of aromatic amines is 1. The maximum Gasteiger partial charge on any atom is 0.243 e.